The molecular weight excluding hydrogens is 311 g/mol. The Balaban J connectivity index is 0.00000220. The van der Waals surface area contributed by atoms with Crippen molar-refractivity contribution in [1.82, 2.24) is 10.2 Å². The Kier molecular flexibility index (Phi) is 7.46. The number of rotatable bonds is 4. The number of halogens is 2. The van der Waals surface area contributed by atoms with Gasteiger partial charge in [-0.1, -0.05) is 29.8 Å². The Morgan fingerprint density at radius 3 is 2.90 bits per heavy atom. The Labute approximate surface area is 137 Å². The summed E-state index contributed by atoms with van der Waals surface area (Å²) in [5, 5.41) is 4.02. The van der Waals surface area contributed by atoms with Gasteiger partial charge in [-0.15, -0.1) is 12.4 Å². The first-order valence-corrected chi connectivity index (χ1v) is 7.40. The number of nitrogens with zero attached hydrogens (tertiary/aromatic N) is 1. The molecule has 1 aliphatic rings. The van der Waals surface area contributed by atoms with Crippen molar-refractivity contribution in [1.29, 1.82) is 0 Å². The summed E-state index contributed by atoms with van der Waals surface area (Å²) in [4.78, 5) is 14.4. The van der Waals surface area contributed by atoms with Gasteiger partial charge in [0.1, 0.15) is 6.10 Å². The number of benzene rings is 1. The number of nitrogens with one attached hydrogen (secondary N) is 1. The third-order valence-corrected chi connectivity index (χ3v) is 3.90. The Bertz CT molecular complexity index is 471. The predicted octanol–water partition coefficient (Wildman–Crippen LogP) is 2.66. The second-order valence-electron chi connectivity index (χ2n) is 4.87. The molecule has 1 N–H and O–H groups in total. The summed E-state index contributed by atoms with van der Waals surface area (Å²) in [7, 11) is 0. The molecule has 2 atom stereocenters. The zero-order chi connectivity index (χ0) is 14.5. The quantitative estimate of drug-likeness (QED) is 0.921. The molecular formula is C15H22Cl2N2O2. The van der Waals surface area contributed by atoms with E-state index in [0.29, 0.717) is 24.7 Å². The molecule has 21 heavy (non-hydrogen) atoms. The minimum Gasteiger partial charge on any atom is -0.369 e. The molecule has 1 heterocycles. The molecule has 0 saturated carbocycles. The highest BCUT2D eigenvalue weighted by atomic mass is 35.5. The molecule has 1 aromatic rings. The lowest BCUT2D eigenvalue weighted by molar-refractivity contribution is -0.145. The average molecular weight is 333 g/mol. The van der Waals surface area contributed by atoms with Crippen LogP contribution in [0, 0.1) is 0 Å². The highest BCUT2D eigenvalue weighted by Gasteiger charge is 2.31. The average Bonchev–Trinajstić information content (AvgIpc) is 2.47. The van der Waals surface area contributed by atoms with Gasteiger partial charge in [-0.05, 0) is 25.5 Å². The summed E-state index contributed by atoms with van der Waals surface area (Å²) in [6.07, 6.45) is -0.414. The van der Waals surface area contributed by atoms with E-state index >= 15 is 0 Å². The maximum absolute atomic E-state index is 12.5. The summed E-state index contributed by atoms with van der Waals surface area (Å²) in [6, 6.07) is 7.65. The van der Waals surface area contributed by atoms with E-state index in [9.17, 15) is 4.79 Å². The van der Waals surface area contributed by atoms with Gasteiger partial charge < -0.3 is 15.0 Å². The van der Waals surface area contributed by atoms with E-state index in [1.807, 2.05) is 36.1 Å². The van der Waals surface area contributed by atoms with Crippen molar-refractivity contribution in [3.05, 3.63) is 34.9 Å². The number of ether oxygens (including phenoxy) is 1. The molecule has 0 aliphatic carbocycles. The molecule has 2 rings (SSSR count). The van der Waals surface area contributed by atoms with Crippen molar-refractivity contribution < 1.29 is 9.53 Å². The minimum absolute atomic E-state index is 0. The number of piperazine rings is 1. The Morgan fingerprint density at radius 1 is 1.52 bits per heavy atom. The number of hydrogen-bond acceptors (Lipinski definition) is 3. The van der Waals surface area contributed by atoms with E-state index in [4.69, 9.17) is 16.3 Å². The highest BCUT2D eigenvalue weighted by molar-refractivity contribution is 6.31. The van der Waals surface area contributed by atoms with Gasteiger partial charge in [0.05, 0.1) is 6.04 Å². The molecule has 0 radical (unpaired) electrons. The maximum atomic E-state index is 12.5. The van der Waals surface area contributed by atoms with Crippen molar-refractivity contribution >= 4 is 29.9 Å². The fourth-order valence-corrected chi connectivity index (χ4v) is 2.81. The molecule has 2 unspecified atom stereocenters. The summed E-state index contributed by atoms with van der Waals surface area (Å²) >= 11 is 6.27. The number of carbonyl (C=O) groups excluding carboxylic acids is 1. The molecule has 0 aromatic heterocycles. The van der Waals surface area contributed by atoms with Crippen LogP contribution in [0.3, 0.4) is 0 Å². The van der Waals surface area contributed by atoms with Gasteiger partial charge in [-0.2, -0.15) is 0 Å². The second-order valence-corrected chi connectivity index (χ2v) is 5.28. The van der Waals surface area contributed by atoms with Crippen LogP contribution in [0.25, 0.3) is 0 Å². The van der Waals surface area contributed by atoms with Gasteiger partial charge in [-0.25, -0.2) is 0 Å². The lowest BCUT2D eigenvalue weighted by atomic mass is 10.0. The number of amides is 1. The molecule has 1 aromatic carbocycles. The van der Waals surface area contributed by atoms with Gasteiger partial charge in [0.15, 0.2) is 0 Å². The molecule has 1 aliphatic heterocycles. The Morgan fingerprint density at radius 2 is 2.24 bits per heavy atom. The second kappa shape index (κ2) is 8.59. The van der Waals surface area contributed by atoms with Crippen LogP contribution in [-0.4, -0.2) is 43.2 Å². The van der Waals surface area contributed by atoms with Gasteiger partial charge in [0.2, 0.25) is 0 Å². The van der Waals surface area contributed by atoms with Crippen LogP contribution in [0.2, 0.25) is 5.02 Å². The normalized spacial score (nSPS) is 19.8. The molecule has 4 nitrogen and oxygen atoms in total. The summed E-state index contributed by atoms with van der Waals surface area (Å²) in [5.41, 5.74) is 0.985. The first-order chi connectivity index (χ1) is 9.65. The van der Waals surface area contributed by atoms with Crippen molar-refractivity contribution in [2.75, 3.05) is 26.2 Å². The van der Waals surface area contributed by atoms with Crippen molar-refractivity contribution in [2.24, 2.45) is 0 Å². The van der Waals surface area contributed by atoms with Gasteiger partial charge >= 0.3 is 0 Å². The molecule has 1 amide bonds. The number of hydrogen-bond donors (Lipinski definition) is 1. The first-order valence-electron chi connectivity index (χ1n) is 7.02. The van der Waals surface area contributed by atoms with Crippen LogP contribution in [0.15, 0.2) is 24.3 Å². The zero-order valence-corrected chi connectivity index (χ0v) is 13.9. The van der Waals surface area contributed by atoms with E-state index in [0.717, 1.165) is 12.1 Å². The van der Waals surface area contributed by atoms with E-state index in [-0.39, 0.29) is 24.4 Å². The minimum atomic E-state index is -0.414. The monoisotopic (exact) mass is 332 g/mol. The third-order valence-electron chi connectivity index (χ3n) is 3.56. The highest BCUT2D eigenvalue weighted by Crippen LogP contribution is 2.29. The summed E-state index contributed by atoms with van der Waals surface area (Å²) < 4.78 is 5.43. The van der Waals surface area contributed by atoms with Crippen LogP contribution in [0.5, 0.6) is 0 Å². The molecule has 0 spiro atoms. The van der Waals surface area contributed by atoms with Crippen molar-refractivity contribution in [3.8, 4) is 0 Å². The van der Waals surface area contributed by atoms with E-state index in [2.05, 4.69) is 5.32 Å². The predicted molar refractivity (Wildman–Crippen MR) is 87.1 cm³/mol. The largest absolute Gasteiger partial charge is 0.369 e. The van der Waals surface area contributed by atoms with E-state index in [1.165, 1.54) is 0 Å². The Hall–Kier alpha value is -0.810. The SMILES string of the molecule is CCOC(C)C(=O)N1CCNCC1c1ccccc1Cl.Cl. The molecule has 118 valence electrons. The van der Waals surface area contributed by atoms with Gasteiger partial charge in [0, 0.05) is 31.3 Å². The smallest absolute Gasteiger partial charge is 0.252 e. The number of carbonyl (C=O) groups is 1. The van der Waals surface area contributed by atoms with Crippen LogP contribution >= 0.6 is 24.0 Å². The topological polar surface area (TPSA) is 41.6 Å². The van der Waals surface area contributed by atoms with Gasteiger partial charge in [-0.3, -0.25) is 4.79 Å². The van der Waals surface area contributed by atoms with E-state index < -0.39 is 6.10 Å². The summed E-state index contributed by atoms with van der Waals surface area (Å²) in [6.45, 7) is 6.42. The third kappa shape index (κ3) is 4.33. The fraction of sp³-hybridized carbons (Fsp3) is 0.533. The van der Waals surface area contributed by atoms with E-state index in [1.54, 1.807) is 6.92 Å². The van der Waals surface area contributed by atoms with Crippen LogP contribution in [-0.2, 0) is 9.53 Å². The van der Waals surface area contributed by atoms with Crippen molar-refractivity contribution in [3.63, 3.8) is 0 Å². The lowest BCUT2D eigenvalue weighted by Gasteiger charge is -2.38. The fourth-order valence-electron chi connectivity index (χ4n) is 2.55. The van der Waals surface area contributed by atoms with Gasteiger partial charge in [0.25, 0.3) is 5.91 Å². The zero-order valence-electron chi connectivity index (χ0n) is 12.3. The molecule has 0 bridgehead atoms. The maximum Gasteiger partial charge on any atom is 0.252 e. The molecule has 1 fully saturated rings. The van der Waals surface area contributed by atoms with Crippen LogP contribution in [0.1, 0.15) is 25.5 Å². The standard InChI is InChI=1S/C15H21ClN2O2.ClH/c1-3-20-11(2)15(19)18-9-8-17-10-14(18)12-6-4-5-7-13(12)16;/h4-7,11,14,17H,3,8-10H2,1-2H3;1H. The summed E-state index contributed by atoms with van der Waals surface area (Å²) in [5.74, 6) is 0.0262. The molecule has 6 heteroatoms. The lowest BCUT2D eigenvalue weighted by Crippen LogP contribution is -2.51. The van der Waals surface area contributed by atoms with Crippen LogP contribution < -0.4 is 5.32 Å². The van der Waals surface area contributed by atoms with Crippen LogP contribution in [0.4, 0.5) is 0 Å². The molecule has 1 saturated heterocycles. The van der Waals surface area contributed by atoms with Crippen molar-refractivity contribution in [2.45, 2.75) is 26.0 Å². The first kappa shape index (κ1) is 18.2.